The van der Waals surface area contributed by atoms with Crippen LogP contribution in [0.25, 0.3) is 10.9 Å². The lowest BCUT2D eigenvalue weighted by molar-refractivity contribution is -0.0538. The number of hydrogen-bond acceptors (Lipinski definition) is 6. The van der Waals surface area contributed by atoms with E-state index in [0.29, 0.717) is 46.0 Å². The van der Waals surface area contributed by atoms with Crippen molar-refractivity contribution in [3.8, 4) is 11.6 Å². The summed E-state index contributed by atoms with van der Waals surface area (Å²) in [6.45, 7) is 2.74. The summed E-state index contributed by atoms with van der Waals surface area (Å²) in [5, 5.41) is 26.5. The van der Waals surface area contributed by atoms with Gasteiger partial charge in [-0.15, -0.1) is 0 Å². The van der Waals surface area contributed by atoms with Crippen molar-refractivity contribution < 1.29 is 24.5 Å². The number of phenols is 1. The largest absolute Gasteiger partial charge is 0.515 e. The Balaban J connectivity index is 1.57. The minimum Gasteiger partial charge on any atom is -0.508 e. The van der Waals surface area contributed by atoms with E-state index in [0.717, 1.165) is 24.8 Å². The van der Waals surface area contributed by atoms with Gasteiger partial charge in [-0.3, -0.25) is 0 Å². The molecule has 1 aliphatic rings. The third kappa shape index (κ3) is 5.13. The molecule has 1 aliphatic carbocycles. The number of hydrogen-bond donors (Lipinski definition) is 4. The van der Waals surface area contributed by atoms with Crippen LogP contribution in [0, 0.1) is 5.92 Å². The zero-order chi connectivity index (χ0) is 24.3. The number of phenolic OH excluding ortho intramolecular Hbond substituents is 1. The molecule has 0 spiro atoms. The molecule has 0 radical (unpaired) electrons. The first kappa shape index (κ1) is 24.7. The SMILES string of the molecule is CCOC(=O)Oc1[nH]c2cc(Cl)cc(Cl)c2c1CNCC1CCCCC1(O)c1cccc(O)c1. The zero-order valence-corrected chi connectivity index (χ0v) is 20.4. The van der Waals surface area contributed by atoms with E-state index < -0.39 is 11.8 Å². The molecule has 1 saturated carbocycles. The molecule has 7 nitrogen and oxygen atoms in total. The molecule has 2 atom stereocenters. The van der Waals surface area contributed by atoms with Gasteiger partial charge in [0.25, 0.3) is 0 Å². The molecule has 4 rings (SSSR count). The average molecular weight is 507 g/mol. The van der Waals surface area contributed by atoms with Gasteiger partial charge >= 0.3 is 6.16 Å². The molecule has 34 heavy (non-hydrogen) atoms. The average Bonchev–Trinajstić information content (AvgIpc) is 3.12. The molecule has 9 heteroatoms. The summed E-state index contributed by atoms with van der Waals surface area (Å²) < 4.78 is 10.3. The Morgan fingerprint density at radius 1 is 1.26 bits per heavy atom. The maximum atomic E-state index is 12.0. The van der Waals surface area contributed by atoms with E-state index in [9.17, 15) is 15.0 Å². The van der Waals surface area contributed by atoms with Gasteiger partial charge in [-0.1, -0.05) is 48.2 Å². The number of carbonyl (C=O) groups is 1. The highest BCUT2D eigenvalue weighted by atomic mass is 35.5. The fraction of sp³-hybridized carbons (Fsp3) is 0.400. The van der Waals surface area contributed by atoms with Crippen molar-refractivity contribution >= 4 is 40.3 Å². The number of benzene rings is 2. The van der Waals surface area contributed by atoms with Gasteiger partial charge in [-0.2, -0.15) is 0 Å². The van der Waals surface area contributed by atoms with Crippen LogP contribution in [0.5, 0.6) is 11.6 Å². The minimum absolute atomic E-state index is 0.0624. The molecule has 1 heterocycles. The summed E-state index contributed by atoms with van der Waals surface area (Å²) in [6, 6.07) is 10.2. The van der Waals surface area contributed by atoms with Gasteiger partial charge in [0.2, 0.25) is 5.88 Å². The molecular formula is C25H28Cl2N2O5. The van der Waals surface area contributed by atoms with Crippen LogP contribution in [-0.4, -0.2) is 34.5 Å². The van der Waals surface area contributed by atoms with Gasteiger partial charge in [0.05, 0.1) is 22.7 Å². The molecule has 0 amide bonds. The predicted molar refractivity (Wildman–Crippen MR) is 132 cm³/mol. The van der Waals surface area contributed by atoms with Crippen LogP contribution in [0.1, 0.15) is 43.7 Å². The highest BCUT2D eigenvalue weighted by Gasteiger charge is 2.40. The topological polar surface area (TPSA) is 104 Å². The molecule has 2 aromatic carbocycles. The van der Waals surface area contributed by atoms with E-state index in [-0.39, 0.29) is 24.2 Å². The molecular weight excluding hydrogens is 479 g/mol. The minimum atomic E-state index is -1.04. The number of carbonyl (C=O) groups excluding carboxylic acids is 1. The molecule has 3 aromatic rings. The van der Waals surface area contributed by atoms with Crippen LogP contribution in [-0.2, 0) is 16.9 Å². The third-order valence-corrected chi connectivity index (χ3v) is 6.92. The second-order valence-electron chi connectivity index (χ2n) is 8.58. The number of aromatic amines is 1. The van der Waals surface area contributed by atoms with Crippen LogP contribution in [0.3, 0.4) is 0 Å². The normalized spacial score (nSPS) is 20.4. The first-order valence-corrected chi connectivity index (χ1v) is 12.1. The Bertz CT molecular complexity index is 1180. The highest BCUT2D eigenvalue weighted by Crippen LogP contribution is 2.42. The summed E-state index contributed by atoms with van der Waals surface area (Å²) in [4.78, 5) is 15.0. The number of ether oxygens (including phenoxy) is 2. The predicted octanol–water partition coefficient (Wildman–Crippen LogP) is 5.88. The number of aromatic hydroxyl groups is 1. The summed E-state index contributed by atoms with van der Waals surface area (Å²) in [5.74, 6) is 0.306. The maximum Gasteiger partial charge on any atom is 0.515 e. The lowest BCUT2D eigenvalue weighted by Crippen LogP contribution is -2.43. The van der Waals surface area contributed by atoms with Crippen molar-refractivity contribution in [2.45, 2.75) is 44.8 Å². The summed E-state index contributed by atoms with van der Waals surface area (Å²) in [5.41, 5.74) is 0.985. The quantitative estimate of drug-likeness (QED) is 0.298. The lowest BCUT2D eigenvalue weighted by Gasteiger charge is -2.40. The van der Waals surface area contributed by atoms with Crippen molar-refractivity contribution in [3.63, 3.8) is 0 Å². The van der Waals surface area contributed by atoms with E-state index in [2.05, 4.69) is 10.3 Å². The van der Waals surface area contributed by atoms with E-state index in [1.54, 1.807) is 37.3 Å². The second-order valence-corrected chi connectivity index (χ2v) is 9.42. The Morgan fingerprint density at radius 3 is 2.85 bits per heavy atom. The van der Waals surface area contributed by atoms with E-state index >= 15 is 0 Å². The molecule has 2 unspecified atom stereocenters. The Morgan fingerprint density at radius 2 is 2.09 bits per heavy atom. The molecule has 4 N–H and O–H groups in total. The number of H-pyrrole nitrogens is 1. The van der Waals surface area contributed by atoms with Gasteiger partial charge in [0.15, 0.2) is 0 Å². The Kier molecular flexibility index (Phi) is 7.57. The molecule has 0 bridgehead atoms. The van der Waals surface area contributed by atoms with Crippen molar-refractivity contribution in [2.75, 3.05) is 13.2 Å². The molecule has 0 saturated heterocycles. The number of aromatic nitrogens is 1. The number of fused-ring (bicyclic) bond motifs is 1. The summed E-state index contributed by atoms with van der Waals surface area (Å²) >= 11 is 12.6. The fourth-order valence-electron chi connectivity index (χ4n) is 4.80. The van der Waals surface area contributed by atoms with Crippen molar-refractivity contribution in [1.29, 1.82) is 0 Å². The number of nitrogens with one attached hydrogen (secondary N) is 2. The number of rotatable bonds is 7. The van der Waals surface area contributed by atoms with E-state index in [1.807, 2.05) is 6.07 Å². The van der Waals surface area contributed by atoms with Crippen molar-refractivity contribution in [2.24, 2.45) is 5.92 Å². The summed E-state index contributed by atoms with van der Waals surface area (Å²) in [7, 11) is 0. The van der Waals surface area contributed by atoms with Gasteiger partial charge in [-0.25, -0.2) is 4.79 Å². The standard InChI is InChI=1S/C25H28Cl2N2O5/c1-2-33-24(31)34-23-19(22-20(27)11-17(26)12-21(22)29-23)14-28-13-16-6-3-4-9-25(16,32)15-7-5-8-18(30)10-15/h5,7-8,10-12,16,28-30,32H,2-4,6,9,13-14H2,1H3. The van der Waals surface area contributed by atoms with Gasteiger partial charge < -0.3 is 30.0 Å². The van der Waals surface area contributed by atoms with E-state index in [4.69, 9.17) is 32.7 Å². The van der Waals surface area contributed by atoms with E-state index in [1.165, 1.54) is 0 Å². The molecule has 182 valence electrons. The smallest absolute Gasteiger partial charge is 0.508 e. The van der Waals surface area contributed by atoms with Crippen LogP contribution in [0.4, 0.5) is 4.79 Å². The second kappa shape index (κ2) is 10.4. The van der Waals surface area contributed by atoms with Crippen LogP contribution in [0.2, 0.25) is 10.0 Å². The van der Waals surface area contributed by atoms with Gasteiger partial charge in [-0.05, 0) is 49.6 Å². The molecule has 1 fully saturated rings. The van der Waals surface area contributed by atoms with Crippen molar-refractivity contribution in [3.05, 3.63) is 57.6 Å². The van der Waals surface area contributed by atoms with Gasteiger partial charge in [0, 0.05) is 35.0 Å². The van der Waals surface area contributed by atoms with Crippen molar-refractivity contribution in [1.82, 2.24) is 10.3 Å². The Labute approximate surface area is 208 Å². The monoisotopic (exact) mass is 506 g/mol. The lowest BCUT2D eigenvalue weighted by atomic mass is 9.71. The van der Waals surface area contributed by atoms with Gasteiger partial charge in [0.1, 0.15) is 5.75 Å². The van der Waals surface area contributed by atoms with Crippen LogP contribution in [0.15, 0.2) is 36.4 Å². The molecule has 1 aromatic heterocycles. The third-order valence-electron chi connectivity index (χ3n) is 6.40. The first-order valence-electron chi connectivity index (χ1n) is 11.4. The summed E-state index contributed by atoms with van der Waals surface area (Å²) in [6.07, 6.45) is 2.58. The maximum absolute atomic E-state index is 12.0. The highest BCUT2D eigenvalue weighted by molar-refractivity contribution is 6.38. The van der Waals surface area contributed by atoms with Crippen LogP contribution >= 0.6 is 23.2 Å². The fourth-order valence-corrected chi connectivity index (χ4v) is 5.41. The first-order chi connectivity index (χ1) is 16.3. The zero-order valence-electron chi connectivity index (χ0n) is 18.9. The number of aliphatic hydroxyl groups is 1. The van der Waals surface area contributed by atoms with Crippen LogP contribution < -0.4 is 10.1 Å². The number of halogens is 2. The Hall–Kier alpha value is -2.45. The molecule has 0 aliphatic heterocycles.